The van der Waals surface area contributed by atoms with Gasteiger partial charge in [0.1, 0.15) is 0 Å². The van der Waals surface area contributed by atoms with E-state index < -0.39 is 0 Å². The molecular weight excluding hydrogens is 240 g/mol. The Bertz CT molecular complexity index is 389. The Kier molecular flexibility index (Phi) is 5.99. The van der Waals surface area contributed by atoms with Gasteiger partial charge in [0.2, 0.25) is 0 Å². The summed E-state index contributed by atoms with van der Waals surface area (Å²) in [5.74, 6) is -0.0775. The molecule has 0 atom stereocenters. The second-order valence-corrected chi connectivity index (χ2v) is 4.78. The molecule has 0 aliphatic heterocycles. The first-order valence-electron chi connectivity index (χ1n) is 6.77. The fourth-order valence-corrected chi connectivity index (χ4v) is 1.99. The number of hydrogen-bond donors (Lipinski definition) is 3. The highest BCUT2D eigenvalue weighted by Gasteiger charge is 2.23. The van der Waals surface area contributed by atoms with Gasteiger partial charge >= 0.3 is 0 Å². The van der Waals surface area contributed by atoms with Gasteiger partial charge in [0.25, 0.3) is 5.91 Å². The molecule has 1 aromatic carbocycles. The van der Waals surface area contributed by atoms with Gasteiger partial charge in [0, 0.05) is 24.7 Å². The molecule has 3 N–H and O–H groups in total. The molecule has 0 aliphatic rings. The van der Waals surface area contributed by atoms with Crippen molar-refractivity contribution in [3.05, 3.63) is 35.4 Å². The van der Waals surface area contributed by atoms with Gasteiger partial charge in [-0.25, -0.2) is 0 Å². The predicted octanol–water partition coefficient (Wildman–Crippen LogP) is 1.69. The highest BCUT2D eigenvalue weighted by atomic mass is 16.3. The standard InChI is InChI=1S/C15H24N2O2/c1-4-15(5-2,11-18)17-10-12-6-8-13(9-7-12)14(19)16-3/h6-9,17-18H,4-5,10-11H2,1-3H3,(H,16,19). The van der Waals surface area contributed by atoms with Crippen LogP contribution in [0.5, 0.6) is 0 Å². The van der Waals surface area contributed by atoms with Crippen molar-refractivity contribution in [3.63, 3.8) is 0 Å². The van der Waals surface area contributed by atoms with Gasteiger partial charge in [-0.3, -0.25) is 4.79 Å². The lowest BCUT2D eigenvalue weighted by Crippen LogP contribution is -2.47. The minimum absolute atomic E-state index is 0.0775. The minimum atomic E-state index is -0.209. The fourth-order valence-electron chi connectivity index (χ4n) is 1.99. The molecule has 0 aromatic heterocycles. The highest BCUT2D eigenvalue weighted by Crippen LogP contribution is 2.15. The molecule has 0 fully saturated rings. The van der Waals surface area contributed by atoms with Crippen LogP contribution in [0.3, 0.4) is 0 Å². The van der Waals surface area contributed by atoms with E-state index in [0.717, 1.165) is 18.4 Å². The number of benzene rings is 1. The van der Waals surface area contributed by atoms with Gasteiger partial charge < -0.3 is 15.7 Å². The van der Waals surface area contributed by atoms with Crippen LogP contribution < -0.4 is 10.6 Å². The van der Waals surface area contributed by atoms with Gasteiger partial charge in [0.15, 0.2) is 0 Å². The summed E-state index contributed by atoms with van der Waals surface area (Å²) in [6.45, 7) is 4.97. The van der Waals surface area contributed by atoms with Crippen LogP contribution in [0.4, 0.5) is 0 Å². The first-order valence-corrected chi connectivity index (χ1v) is 6.77. The highest BCUT2D eigenvalue weighted by molar-refractivity contribution is 5.93. The van der Waals surface area contributed by atoms with Gasteiger partial charge in [-0.1, -0.05) is 26.0 Å². The zero-order valence-electron chi connectivity index (χ0n) is 12.0. The maximum Gasteiger partial charge on any atom is 0.251 e. The molecule has 0 heterocycles. The van der Waals surface area contributed by atoms with Crippen molar-refractivity contribution in [2.75, 3.05) is 13.7 Å². The molecule has 1 aromatic rings. The van der Waals surface area contributed by atoms with Crippen molar-refractivity contribution in [2.24, 2.45) is 0 Å². The lowest BCUT2D eigenvalue weighted by Gasteiger charge is -2.31. The van der Waals surface area contributed by atoms with Crippen molar-refractivity contribution in [3.8, 4) is 0 Å². The monoisotopic (exact) mass is 264 g/mol. The average molecular weight is 264 g/mol. The molecule has 0 aliphatic carbocycles. The van der Waals surface area contributed by atoms with E-state index in [1.165, 1.54) is 0 Å². The Morgan fingerprint density at radius 1 is 1.21 bits per heavy atom. The van der Waals surface area contributed by atoms with Crippen LogP contribution in [-0.4, -0.2) is 30.2 Å². The lowest BCUT2D eigenvalue weighted by atomic mass is 9.93. The summed E-state index contributed by atoms with van der Waals surface area (Å²) in [5, 5.41) is 15.5. The molecule has 4 heteroatoms. The molecule has 0 saturated carbocycles. The molecule has 0 spiro atoms. The Morgan fingerprint density at radius 3 is 2.21 bits per heavy atom. The number of hydrogen-bond acceptors (Lipinski definition) is 3. The molecule has 0 unspecified atom stereocenters. The van der Waals surface area contributed by atoms with Crippen molar-refractivity contribution in [2.45, 2.75) is 38.8 Å². The Balaban J connectivity index is 2.66. The van der Waals surface area contributed by atoms with E-state index in [1.54, 1.807) is 7.05 Å². The summed E-state index contributed by atoms with van der Waals surface area (Å²) < 4.78 is 0. The summed E-state index contributed by atoms with van der Waals surface area (Å²) in [4.78, 5) is 11.4. The molecule has 0 saturated heterocycles. The Morgan fingerprint density at radius 2 is 1.79 bits per heavy atom. The Hall–Kier alpha value is -1.39. The third-order valence-corrected chi connectivity index (χ3v) is 3.77. The van der Waals surface area contributed by atoms with E-state index in [-0.39, 0.29) is 18.1 Å². The maximum atomic E-state index is 11.4. The predicted molar refractivity (Wildman–Crippen MR) is 77.1 cm³/mol. The number of carbonyl (C=O) groups is 1. The van der Waals surface area contributed by atoms with Crippen LogP contribution in [0.25, 0.3) is 0 Å². The largest absolute Gasteiger partial charge is 0.394 e. The smallest absolute Gasteiger partial charge is 0.251 e. The summed E-state index contributed by atoms with van der Waals surface area (Å²) in [6, 6.07) is 7.50. The van der Waals surface area contributed by atoms with Crippen LogP contribution in [-0.2, 0) is 6.54 Å². The molecule has 19 heavy (non-hydrogen) atoms. The third-order valence-electron chi connectivity index (χ3n) is 3.77. The molecule has 1 amide bonds. The second-order valence-electron chi connectivity index (χ2n) is 4.78. The van der Waals surface area contributed by atoms with E-state index in [9.17, 15) is 9.90 Å². The topological polar surface area (TPSA) is 61.4 Å². The zero-order chi connectivity index (χ0) is 14.3. The molecule has 4 nitrogen and oxygen atoms in total. The minimum Gasteiger partial charge on any atom is -0.394 e. The van der Waals surface area contributed by atoms with Crippen molar-refractivity contribution >= 4 is 5.91 Å². The van der Waals surface area contributed by atoms with E-state index in [4.69, 9.17) is 0 Å². The first kappa shape index (κ1) is 15.7. The number of rotatable bonds is 7. The third kappa shape index (κ3) is 4.04. The van der Waals surface area contributed by atoms with Crippen LogP contribution in [0, 0.1) is 0 Å². The van der Waals surface area contributed by atoms with Crippen LogP contribution >= 0.6 is 0 Å². The van der Waals surface area contributed by atoms with E-state index in [2.05, 4.69) is 24.5 Å². The van der Waals surface area contributed by atoms with Crippen LogP contribution in [0.1, 0.15) is 42.6 Å². The number of aliphatic hydroxyl groups is 1. The summed E-state index contributed by atoms with van der Waals surface area (Å²) in [5.41, 5.74) is 1.55. The molecular formula is C15H24N2O2. The lowest BCUT2D eigenvalue weighted by molar-refractivity contribution is 0.0963. The van der Waals surface area contributed by atoms with E-state index in [1.807, 2.05) is 24.3 Å². The zero-order valence-corrected chi connectivity index (χ0v) is 12.0. The molecule has 0 bridgehead atoms. The van der Waals surface area contributed by atoms with Crippen molar-refractivity contribution in [1.82, 2.24) is 10.6 Å². The summed E-state index contributed by atoms with van der Waals surface area (Å²) >= 11 is 0. The van der Waals surface area contributed by atoms with Gasteiger partial charge in [0.05, 0.1) is 6.61 Å². The molecule has 1 rings (SSSR count). The Labute approximate surface area is 115 Å². The summed E-state index contributed by atoms with van der Waals surface area (Å²) in [7, 11) is 1.62. The average Bonchev–Trinajstić information content (AvgIpc) is 2.49. The van der Waals surface area contributed by atoms with Gasteiger partial charge in [-0.15, -0.1) is 0 Å². The number of aliphatic hydroxyl groups excluding tert-OH is 1. The van der Waals surface area contributed by atoms with Crippen LogP contribution in [0.15, 0.2) is 24.3 Å². The van der Waals surface area contributed by atoms with Crippen LogP contribution in [0.2, 0.25) is 0 Å². The van der Waals surface area contributed by atoms with E-state index in [0.29, 0.717) is 12.1 Å². The quantitative estimate of drug-likeness (QED) is 0.702. The molecule has 106 valence electrons. The van der Waals surface area contributed by atoms with Crippen molar-refractivity contribution < 1.29 is 9.90 Å². The second kappa shape index (κ2) is 7.26. The fraction of sp³-hybridized carbons (Fsp3) is 0.533. The van der Waals surface area contributed by atoms with Gasteiger partial charge in [-0.05, 0) is 30.5 Å². The normalized spacial score (nSPS) is 11.4. The van der Waals surface area contributed by atoms with Gasteiger partial charge in [-0.2, -0.15) is 0 Å². The van der Waals surface area contributed by atoms with Crippen molar-refractivity contribution in [1.29, 1.82) is 0 Å². The summed E-state index contributed by atoms with van der Waals surface area (Å²) in [6.07, 6.45) is 1.77. The number of nitrogens with one attached hydrogen (secondary N) is 2. The number of amides is 1. The number of carbonyl (C=O) groups excluding carboxylic acids is 1. The van der Waals surface area contributed by atoms with E-state index >= 15 is 0 Å². The maximum absolute atomic E-state index is 11.4. The first-order chi connectivity index (χ1) is 9.10. The molecule has 0 radical (unpaired) electrons. The SMILES string of the molecule is CCC(CC)(CO)NCc1ccc(C(=O)NC)cc1.